The maximum absolute atomic E-state index is 11.4. The first kappa shape index (κ1) is 16.6. The van der Waals surface area contributed by atoms with Crippen molar-refractivity contribution < 1.29 is 8.42 Å². The Morgan fingerprint density at radius 3 is 2.58 bits per heavy atom. The molecule has 0 aromatic carbocycles. The number of hydrogen-bond acceptors (Lipinski definition) is 5. The minimum Gasteiger partial charge on any atom is -0.338 e. The van der Waals surface area contributed by atoms with Gasteiger partial charge in [-0.05, 0) is 44.2 Å². The van der Waals surface area contributed by atoms with Gasteiger partial charge in [-0.1, -0.05) is 0 Å². The fraction of sp³-hybridized carbons (Fsp3) is 0.167. The van der Waals surface area contributed by atoms with Gasteiger partial charge in [0.05, 0.1) is 17.3 Å². The number of fused-ring (bicyclic) bond motifs is 3. The van der Waals surface area contributed by atoms with Gasteiger partial charge in [0.1, 0.15) is 4.90 Å². The fourth-order valence-electron chi connectivity index (χ4n) is 3.09. The SMILES string of the molecule is Cc1ccc2c(ncc3ccn([C@H](C)c4ccc(S(N)(=O)=O)cn4)c32)n1. The summed E-state index contributed by atoms with van der Waals surface area (Å²) in [5, 5.41) is 7.11. The summed E-state index contributed by atoms with van der Waals surface area (Å²) in [7, 11) is -3.75. The second kappa shape index (κ2) is 5.86. The standard InChI is InChI=1S/C18H17N5O2S/c1-11-3-5-15-17-13(9-21-18(15)22-11)7-8-23(17)12(2)16-6-4-14(10-20-16)26(19,24)25/h3-10,12H,1-2H3,(H2,19,24,25)/t12-/m1/s1. The molecule has 26 heavy (non-hydrogen) atoms. The van der Waals surface area contributed by atoms with Crippen molar-refractivity contribution in [2.75, 3.05) is 0 Å². The molecule has 0 amide bonds. The summed E-state index contributed by atoms with van der Waals surface area (Å²) >= 11 is 0. The van der Waals surface area contributed by atoms with Crippen LogP contribution in [0.5, 0.6) is 0 Å². The van der Waals surface area contributed by atoms with E-state index in [1.165, 1.54) is 12.3 Å². The minimum atomic E-state index is -3.75. The molecule has 4 aromatic rings. The van der Waals surface area contributed by atoms with Crippen LogP contribution in [0.15, 0.2) is 53.8 Å². The lowest BCUT2D eigenvalue weighted by atomic mass is 10.1. The highest BCUT2D eigenvalue weighted by atomic mass is 32.2. The molecule has 132 valence electrons. The lowest BCUT2D eigenvalue weighted by Gasteiger charge is -2.16. The van der Waals surface area contributed by atoms with Crippen molar-refractivity contribution in [2.24, 2.45) is 5.14 Å². The summed E-state index contributed by atoms with van der Waals surface area (Å²) in [5.74, 6) is 0. The number of pyridine rings is 3. The lowest BCUT2D eigenvalue weighted by Crippen LogP contribution is -2.13. The van der Waals surface area contributed by atoms with Crippen molar-refractivity contribution in [1.82, 2.24) is 19.5 Å². The van der Waals surface area contributed by atoms with Crippen molar-refractivity contribution in [2.45, 2.75) is 24.8 Å². The molecule has 8 heteroatoms. The first-order chi connectivity index (χ1) is 12.3. The predicted molar refractivity (Wildman–Crippen MR) is 99.2 cm³/mol. The zero-order chi connectivity index (χ0) is 18.5. The lowest BCUT2D eigenvalue weighted by molar-refractivity contribution is 0.596. The quantitative estimate of drug-likeness (QED) is 0.599. The molecule has 1 atom stereocenters. The predicted octanol–water partition coefficient (Wildman–Crippen LogP) is 2.54. The largest absolute Gasteiger partial charge is 0.338 e. The molecule has 4 aromatic heterocycles. The monoisotopic (exact) mass is 367 g/mol. The summed E-state index contributed by atoms with van der Waals surface area (Å²) < 4.78 is 24.9. The molecule has 7 nitrogen and oxygen atoms in total. The molecule has 0 fully saturated rings. The van der Waals surface area contributed by atoms with Gasteiger partial charge in [-0.25, -0.2) is 23.5 Å². The van der Waals surface area contributed by atoms with Crippen LogP contribution in [-0.2, 0) is 10.0 Å². The topological polar surface area (TPSA) is 104 Å². The first-order valence-corrected chi connectivity index (χ1v) is 9.61. The van der Waals surface area contributed by atoms with Gasteiger partial charge < -0.3 is 4.57 Å². The number of aromatic nitrogens is 4. The molecule has 0 bridgehead atoms. The summed E-state index contributed by atoms with van der Waals surface area (Å²) in [4.78, 5) is 13.2. The molecule has 0 radical (unpaired) electrons. The molecule has 4 heterocycles. The second-order valence-corrected chi connectivity index (χ2v) is 7.81. The van der Waals surface area contributed by atoms with Crippen LogP contribution in [0, 0.1) is 6.92 Å². The fourth-order valence-corrected chi connectivity index (χ4v) is 3.55. The normalized spacial score (nSPS) is 13.3. The number of rotatable bonds is 3. The third-order valence-corrected chi connectivity index (χ3v) is 5.37. The Labute approximate surface area is 150 Å². The van der Waals surface area contributed by atoms with Crippen LogP contribution in [0.25, 0.3) is 21.9 Å². The van der Waals surface area contributed by atoms with Gasteiger partial charge in [-0.2, -0.15) is 0 Å². The van der Waals surface area contributed by atoms with Gasteiger partial charge in [0.15, 0.2) is 5.65 Å². The van der Waals surface area contributed by atoms with E-state index in [1.54, 1.807) is 6.07 Å². The highest BCUT2D eigenvalue weighted by molar-refractivity contribution is 7.89. The molecule has 0 unspecified atom stereocenters. The summed E-state index contributed by atoms with van der Waals surface area (Å²) in [6, 6.07) is 9.04. The first-order valence-electron chi connectivity index (χ1n) is 8.06. The maximum Gasteiger partial charge on any atom is 0.239 e. The highest BCUT2D eigenvalue weighted by Crippen LogP contribution is 2.29. The average molecular weight is 367 g/mol. The number of sulfonamides is 1. The van der Waals surface area contributed by atoms with E-state index in [2.05, 4.69) is 19.5 Å². The molecule has 0 spiro atoms. The highest BCUT2D eigenvalue weighted by Gasteiger charge is 2.16. The van der Waals surface area contributed by atoms with Gasteiger partial charge in [-0.3, -0.25) is 4.98 Å². The molecule has 0 saturated carbocycles. The van der Waals surface area contributed by atoms with E-state index < -0.39 is 10.0 Å². The Balaban J connectivity index is 1.86. The van der Waals surface area contributed by atoms with E-state index in [-0.39, 0.29) is 10.9 Å². The Morgan fingerprint density at radius 2 is 1.88 bits per heavy atom. The zero-order valence-electron chi connectivity index (χ0n) is 14.3. The van der Waals surface area contributed by atoms with Crippen molar-refractivity contribution in [3.05, 3.63) is 60.3 Å². The number of primary sulfonamides is 1. The number of hydrogen-bond donors (Lipinski definition) is 1. The van der Waals surface area contributed by atoms with Crippen molar-refractivity contribution in [3.8, 4) is 0 Å². The smallest absolute Gasteiger partial charge is 0.239 e. The Bertz CT molecular complexity index is 1230. The van der Waals surface area contributed by atoms with Gasteiger partial charge in [0.2, 0.25) is 10.0 Å². The average Bonchev–Trinajstić information content (AvgIpc) is 3.04. The van der Waals surface area contributed by atoms with E-state index >= 15 is 0 Å². The molecular formula is C18H17N5O2S. The van der Waals surface area contributed by atoms with Crippen LogP contribution in [0.2, 0.25) is 0 Å². The Morgan fingerprint density at radius 1 is 1.08 bits per heavy atom. The maximum atomic E-state index is 11.4. The number of nitrogens with zero attached hydrogens (tertiary/aromatic N) is 4. The van der Waals surface area contributed by atoms with Gasteiger partial charge in [0.25, 0.3) is 0 Å². The molecular weight excluding hydrogens is 350 g/mol. The summed E-state index contributed by atoms with van der Waals surface area (Å²) in [6.07, 6.45) is 5.08. The molecule has 0 saturated heterocycles. The molecule has 0 aliphatic carbocycles. The zero-order valence-corrected chi connectivity index (χ0v) is 15.1. The summed E-state index contributed by atoms with van der Waals surface area (Å²) in [6.45, 7) is 3.94. The van der Waals surface area contributed by atoms with Crippen LogP contribution in [0.4, 0.5) is 0 Å². The van der Waals surface area contributed by atoms with Gasteiger partial charge in [0, 0.05) is 35.1 Å². The van der Waals surface area contributed by atoms with Crippen molar-refractivity contribution >= 4 is 32.0 Å². The van der Waals surface area contributed by atoms with E-state index in [9.17, 15) is 8.42 Å². The molecule has 2 N–H and O–H groups in total. The van der Waals surface area contributed by atoms with E-state index in [0.717, 1.165) is 27.7 Å². The van der Waals surface area contributed by atoms with Crippen molar-refractivity contribution in [3.63, 3.8) is 0 Å². The van der Waals surface area contributed by atoms with Crippen molar-refractivity contribution in [1.29, 1.82) is 0 Å². The molecule has 4 rings (SSSR count). The van der Waals surface area contributed by atoms with E-state index in [4.69, 9.17) is 5.14 Å². The second-order valence-electron chi connectivity index (χ2n) is 6.25. The minimum absolute atomic E-state index is 0.000129. The number of nitrogens with two attached hydrogens (primary N) is 1. The van der Waals surface area contributed by atoms with E-state index in [0.29, 0.717) is 5.65 Å². The molecule has 0 aliphatic heterocycles. The molecule has 0 aliphatic rings. The third kappa shape index (κ3) is 2.73. The Kier molecular flexibility index (Phi) is 3.74. The summed E-state index contributed by atoms with van der Waals surface area (Å²) in [5.41, 5.74) is 3.37. The van der Waals surface area contributed by atoms with Crippen LogP contribution >= 0.6 is 0 Å². The van der Waals surface area contributed by atoms with Crippen LogP contribution in [0.3, 0.4) is 0 Å². The van der Waals surface area contributed by atoms with E-state index in [1.807, 2.05) is 44.4 Å². The van der Waals surface area contributed by atoms with Crippen LogP contribution in [0.1, 0.15) is 24.4 Å². The third-order valence-electron chi connectivity index (χ3n) is 4.47. The van der Waals surface area contributed by atoms with Gasteiger partial charge >= 0.3 is 0 Å². The Hall–Kier alpha value is -2.84. The van der Waals surface area contributed by atoms with Crippen LogP contribution in [-0.4, -0.2) is 27.9 Å². The van der Waals surface area contributed by atoms with Crippen LogP contribution < -0.4 is 5.14 Å². The van der Waals surface area contributed by atoms with Gasteiger partial charge in [-0.15, -0.1) is 0 Å². The number of aryl methyl sites for hydroxylation is 1.